The predicted octanol–water partition coefficient (Wildman–Crippen LogP) is 3.11. The molecule has 0 aliphatic heterocycles. The third kappa shape index (κ3) is 6.28. The fourth-order valence-electron chi connectivity index (χ4n) is 2.37. The zero-order valence-electron chi connectivity index (χ0n) is 15.8. The SMILES string of the molecule is CN=C(NCCc1ccc(OC)cc1Cl)NCC(=O)Nc1ccc(F)c(F)c1F. The summed E-state index contributed by atoms with van der Waals surface area (Å²) in [5.74, 6) is -4.11. The first-order valence-electron chi connectivity index (χ1n) is 8.56. The Kier molecular flexibility index (Phi) is 8.14. The smallest absolute Gasteiger partial charge is 0.243 e. The predicted molar refractivity (Wildman–Crippen MR) is 106 cm³/mol. The number of carbonyl (C=O) groups excluding carboxylic acids is 1. The highest BCUT2D eigenvalue weighted by Crippen LogP contribution is 2.22. The Balaban J connectivity index is 1.81. The number of amides is 1. The van der Waals surface area contributed by atoms with Crippen molar-refractivity contribution in [1.29, 1.82) is 0 Å². The first kappa shape index (κ1) is 22.4. The van der Waals surface area contributed by atoms with Gasteiger partial charge in [0.1, 0.15) is 5.75 Å². The van der Waals surface area contributed by atoms with Crippen molar-refractivity contribution in [2.45, 2.75) is 6.42 Å². The number of methoxy groups -OCH3 is 1. The van der Waals surface area contributed by atoms with Crippen LogP contribution in [0.4, 0.5) is 18.9 Å². The molecule has 0 aliphatic carbocycles. The Morgan fingerprint density at radius 1 is 1.14 bits per heavy atom. The van der Waals surface area contributed by atoms with E-state index in [1.54, 1.807) is 19.2 Å². The monoisotopic (exact) mass is 428 g/mol. The second kappa shape index (κ2) is 10.6. The number of nitrogens with one attached hydrogen (secondary N) is 3. The van der Waals surface area contributed by atoms with Crippen molar-refractivity contribution in [2.75, 3.05) is 32.6 Å². The van der Waals surface area contributed by atoms with Gasteiger partial charge in [0.2, 0.25) is 5.91 Å². The van der Waals surface area contributed by atoms with Gasteiger partial charge in [0.05, 0.1) is 19.3 Å². The lowest BCUT2D eigenvalue weighted by atomic mass is 10.1. The van der Waals surface area contributed by atoms with E-state index in [0.29, 0.717) is 29.7 Å². The van der Waals surface area contributed by atoms with Crippen LogP contribution in [0.1, 0.15) is 5.56 Å². The molecule has 2 aromatic carbocycles. The standard InChI is InChI=1S/C19H20ClF3N4O2/c1-24-19(25-8-7-11-3-4-12(29-2)9-13(11)20)26-10-16(28)27-15-6-5-14(21)17(22)18(15)23/h3-6,9H,7-8,10H2,1-2H3,(H,27,28)(H2,24,25,26). The van der Waals surface area contributed by atoms with Crippen LogP contribution in [-0.2, 0) is 11.2 Å². The van der Waals surface area contributed by atoms with Crippen molar-refractivity contribution < 1.29 is 22.7 Å². The molecule has 2 aromatic rings. The van der Waals surface area contributed by atoms with Gasteiger partial charge in [0.25, 0.3) is 0 Å². The van der Waals surface area contributed by atoms with Crippen LogP contribution < -0.4 is 20.7 Å². The summed E-state index contributed by atoms with van der Waals surface area (Å²) in [6.07, 6.45) is 0.593. The molecule has 0 bridgehead atoms. The zero-order chi connectivity index (χ0) is 21.4. The van der Waals surface area contributed by atoms with Gasteiger partial charge in [-0.2, -0.15) is 0 Å². The molecular formula is C19H20ClF3N4O2. The molecule has 0 aliphatic rings. The molecule has 0 aromatic heterocycles. The fraction of sp³-hybridized carbons (Fsp3) is 0.263. The van der Waals surface area contributed by atoms with E-state index in [2.05, 4.69) is 20.9 Å². The zero-order valence-corrected chi connectivity index (χ0v) is 16.5. The van der Waals surface area contributed by atoms with Gasteiger partial charge in [0.15, 0.2) is 23.4 Å². The first-order valence-corrected chi connectivity index (χ1v) is 8.93. The topological polar surface area (TPSA) is 74.8 Å². The molecule has 0 unspecified atom stereocenters. The van der Waals surface area contributed by atoms with Gasteiger partial charge < -0.3 is 20.7 Å². The van der Waals surface area contributed by atoms with Crippen molar-refractivity contribution in [3.8, 4) is 5.75 Å². The van der Waals surface area contributed by atoms with Crippen LogP contribution >= 0.6 is 11.6 Å². The normalized spacial score (nSPS) is 11.2. The molecule has 0 fully saturated rings. The number of ether oxygens (including phenoxy) is 1. The summed E-state index contributed by atoms with van der Waals surface area (Å²) >= 11 is 6.18. The van der Waals surface area contributed by atoms with Gasteiger partial charge in [-0.25, -0.2) is 13.2 Å². The number of aliphatic imine (C=N–C) groups is 1. The van der Waals surface area contributed by atoms with Gasteiger partial charge in [-0.05, 0) is 36.2 Å². The largest absolute Gasteiger partial charge is 0.497 e. The van der Waals surface area contributed by atoms with Gasteiger partial charge in [-0.1, -0.05) is 17.7 Å². The van der Waals surface area contributed by atoms with Gasteiger partial charge >= 0.3 is 0 Å². The Morgan fingerprint density at radius 3 is 2.55 bits per heavy atom. The van der Waals surface area contributed by atoms with Crippen LogP contribution in [-0.4, -0.2) is 39.1 Å². The molecule has 29 heavy (non-hydrogen) atoms. The van der Waals surface area contributed by atoms with E-state index in [0.717, 1.165) is 17.7 Å². The number of hydrogen-bond acceptors (Lipinski definition) is 3. The maximum atomic E-state index is 13.6. The minimum Gasteiger partial charge on any atom is -0.497 e. The van der Waals surface area contributed by atoms with Gasteiger partial charge in [-0.3, -0.25) is 9.79 Å². The Morgan fingerprint density at radius 2 is 1.90 bits per heavy atom. The number of rotatable bonds is 7. The van der Waals surface area contributed by atoms with Crippen molar-refractivity contribution >= 4 is 29.2 Å². The van der Waals surface area contributed by atoms with Crippen molar-refractivity contribution in [3.63, 3.8) is 0 Å². The highest BCUT2D eigenvalue weighted by molar-refractivity contribution is 6.31. The Labute approximate surface area is 171 Å². The van der Waals surface area contributed by atoms with E-state index in [4.69, 9.17) is 16.3 Å². The van der Waals surface area contributed by atoms with E-state index in [1.165, 1.54) is 7.05 Å². The molecule has 2 rings (SSSR count). The van der Waals surface area contributed by atoms with E-state index in [1.807, 2.05) is 6.07 Å². The third-order valence-electron chi connectivity index (χ3n) is 3.90. The Hall–Kier alpha value is -2.94. The lowest BCUT2D eigenvalue weighted by Gasteiger charge is -2.13. The first-order chi connectivity index (χ1) is 13.8. The molecule has 156 valence electrons. The summed E-state index contributed by atoms with van der Waals surface area (Å²) in [4.78, 5) is 15.9. The fourth-order valence-corrected chi connectivity index (χ4v) is 2.64. The number of nitrogens with zero attached hydrogens (tertiary/aromatic N) is 1. The van der Waals surface area contributed by atoms with Crippen LogP contribution in [0.2, 0.25) is 5.02 Å². The van der Waals surface area contributed by atoms with Crippen LogP contribution in [0.15, 0.2) is 35.3 Å². The van der Waals surface area contributed by atoms with Crippen LogP contribution in [0, 0.1) is 17.5 Å². The highest BCUT2D eigenvalue weighted by atomic mass is 35.5. The molecule has 0 heterocycles. The summed E-state index contributed by atoms with van der Waals surface area (Å²) in [7, 11) is 3.07. The quantitative estimate of drug-likeness (QED) is 0.360. The average Bonchev–Trinajstić information content (AvgIpc) is 2.71. The summed E-state index contributed by atoms with van der Waals surface area (Å²) in [6.45, 7) is 0.215. The van der Waals surface area contributed by atoms with Crippen LogP contribution in [0.3, 0.4) is 0 Å². The summed E-state index contributed by atoms with van der Waals surface area (Å²) in [5.41, 5.74) is 0.453. The van der Waals surface area contributed by atoms with Crippen molar-refractivity contribution in [2.24, 2.45) is 4.99 Å². The average molecular weight is 429 g/mol. The van der Waals surface area contributed by atoms with Crippen LogP contribution in [0.5, 0.6) is 5.75 Å². The molecule has 0 atom stereocenters. The molecule has 0 saturated carbocycles. The van der Waals surface area contributed by atoms with E-state index in [9.17, 15) is 18.0 Å². The second-order valence-corrected chi connectivity index (χ2v) is 6.24. The molecule has 0 saturated heterocycles. The Bertz CT molecular complexity index is 909. The molecule has 6 nitrogen and oxygen atoms in total. The maximum Gasteiger partial charge on any atom is 0.243 e. The molecule has 1 amide bonds. The van der Waals surface area contributed by atoms with Crippen LogP contribution in [0.25, 0.3) is 0 Å². The van der Waals surface area contributed by atoms with E-state index in [-0.39, 0.29) is 6.54 Å². The molecular weight excluding hydrogens is 409 g/mol. The molecule has 0 spiro atoms. The van der Waals surface area contributed by atoms with Gasteiger partial charge in [0, 0.05) is 18.6 Å². The minimum atomic E-state index is -1.65. The lowest BCUT2D eigenvalue weighted by molar-refractivity contribution is -0.115. The number of halogens is 4. The summed E-state index contributed by atoms with van der Waals surface area (Å²) in [6, 6.07) is 7.04. The second-order valence-electron chi connectivity index (χ2n) is 5.83. The number of anilines is 1. The van der Waals surface area contributed by atoms with Crippen molar-refractivity contribution in [3.05, 3.63) is 58.4 Å². The highest BCUT2D eigenvalue weighted by Gasteiger charge is 2.15. The summed E-state index contributed by atoms with van der Waals surface area (Å²) < 4.78 is 44.8. The lowest BCUT2D eigenvalue weighted by Crippen LogP contribution is -2.42. The number of guanidine groups is 1. The number of benzene rings is 2. The van der Waals surface area contributed by atoms with E-state index < -0.39 is 29.0 Å². The summed E-state index contributed by atoms with van der Waals surface area (Å²) in [5, 5.41) is 8.48. The number of hydrogen-bond donors (Lipinski definition) is 3. The van der Waals surface area contributed by atoms with E-state index >= 15 is 0 Å². The maximum absolute atomic E-state index is 13.6. The molecule has 3 N–H and O–H groups in total. The molecule has 0 radical (unpaired) electrons. The third-order valence-corrected chi connectivity index (χ3v) is 4.25. The van der Waals surface area contributed by atoms with Crippen molar-refractivity contribution in [1.82, 2.24) is 10.6 Å². The minimum absolute atomic E-state index is 0.262. The van der Waals surface area contributed by atoms with Gasteiger partial charge in [-0.15, -0.1) is 0 Å². The number of carbonyl (C=O) groups is 1. The molecule has 10 heteroatoms.